The summed E-state index contributed by atoms with van der Waals surface area (Å²) in [5, 5.41) is 22.0. The number of furan rings is 1. The topological polar surface area (TPSA) is 74.9 Å². The molecule has 1 heterocycles. The summed E-state index contributed by atoms with van der Waals surface area (Å²) in [4.78, 5) is 0. The van der Waals surface area contributed by atoms with Crippen molar-refractivity contribution in [3.63, 3.8) is 0 Å². The minimum Gasteiger partial charge on any atom is -0.508 e. The van der Waals surface area contributed by atoms with Gasteiger partial charge < -0.3 is 24.7 Å². The van der Waals surface area contributed by atoms with Gasteiger partial charge in [0.05, 0.1) is 19.0 Å². The van der Waals surface area contributed by atoms with Gasteiger partial charge in [0, 0.05) is 13.1 Å². The van der Waals surface area contributed by atoms with Gasteiger partial charge in [-0.05, 0) is 29.8 Å². The van der Waals surface area contributed by atoms with Crippen LogP contribution in [0.2, 0.25) is 0 Å². The second kappa shape index (κ2) is 7.69. The number of hydrogen-bond donors (Lipinski definition) is 3. The molecule has 20 heavy (non-hydrogen) atoms. The number of aliphatic hydroxyl groups is 1. The molecule has 0 amide bonds. The number of aliphatic hydroxyl groups excluding tert-OH is 1. The van der Waals surface area contributed by atoms with E-state index >= 15 is 0 Å². The fourth-order valence-corrected chi connectivity index (χ4v) is 1.75. The zero-order valence-electron chi connectivity index (χ0n) is 11.2. The predicted molar refractivity (Wildman–Crippen MR) is 74.2 cm³/mol. The molecule has 0 spiro atoms. The van der Waals surface area contributed by atoms with Crippen LogP contribution in [-0.4, -0.2) is 29.5 Å². The maximum Gasteiger partial charge on any atom is 0.129 e. The summed E-state index contributed by atoms with van der Waals surface area (Å²) in [6.07, 6.45) is 1.02. The van der Waals surface area contributed by atoms with Crippen LogP contribution in [0.1, 0.15) is 11.3 Å². The third-order valence-electron chi connectivity index (χ3n) is 2.78. The lowest BCUT2D eigenvalue weighted by atomic mass is 10.2. The Labute approximate surface area is 117 Å². The molecule has 0 fully saturated rings. The molecule has 2 aromatic rings. The number of aromatic hydroxyl groups is 1. The number of nitrogens with one attached hydrogen (secondary N) is 1. The lowest BCUT2D eigenvalue weighted by Gasteiger charge is -2.12. The van der Waals surface area contributed by atoms with E-state index in [1.54, 1.807) is 24.5 Å². The Morgan fingerprint density at radius 3 is 2.70 bits per heavy atom. The van der Waals surface area contributed by atoms with Crippen LogP contribution in [-0.2, 0) is 17.9 Å². The molecule has 0 saturated heterocycles. The van der Waals surface area contributed by atoms with Gasteiger partial charge in [0.25, 0.3) is 0 Å². The molecule has 1 aromatic heterocycles. The highest BCUT2D eigenvalue weighted by atomic mass is 16.5. The van der Waals surface area contributed by atoms with Gasteiger partial charge in [-0.25, -0.2) is 0 Å². The maximum absolute atomic E-state index is 9.74. The molecule has 5 nitrogen and oxygen atoms in total. The molecule has 5 heteroatoms. The van der Waals surface area contributed by atoms with Crippen molar-refractivity contribution in [1.82, 2.24) is 5.32 Å². The van der Waals surface area contributed by atoms with Gasteiger partial charge >= 0.3 is 0 Å². The van der Waals surface area contributed by atoms with Crippen LogP contribution in [0, 0.1) is 0 Å². The molecule has 108 valence electrons. The molecule has 0 radical (unpaired) electrons. The van der Waals surface area contributed by atoms with Gasteiger partial charge in [0.1, 0.15) is 18.1 Å². The molecular formula is C15H19NO4. The molecule has 2 rings (SSSR count). The average Bonchev–Trinajstić information content (AvgIpc) is 2.94. The van der Waals surface area contributed by atoms with E-state index in [4.69, 9.17) is 14.3 Å². The number of ether oxygens (including phenoxy) is 1. The molecule has 1 aromatic carbocycles. The van der Waals surface area contributed by atoms with Crippen molar-refractivity contribution in [2.75, 3.05) is 13.2 Å². The summed E-state index contributed by atoms with van der Waals surface area (Å²) >= 11 is 0. The van der Waals surface area contributed by atoms with Crippen LogP contribution in [0.25, 0.3) is 0 Å². The van der Waals surface area contributed by atoms with Crippen molar-refractivity contribution in [3.05, 3.63) is 54.0 Å². The van der Waals surface area contributed by atoms with Crippen LogP contribution in [0.3, 0.4) is 0 Å². The Morgan fingerprint density at radius 1 is 1.20 bits per heavy atom. The Balaban J connectivity index is 1.58. The zero-order chi connectivity index (χ0) is 14.2. The number of phenolic OH excluding ortho intramolecular Hbond substituents is 1. The van der Waals surface area contributed by atoms with Crippen molar-refractivity contribution < 1.29 is 19.4 Å². The second-order valence-electron chi connectivity index (χ2n) is 4.55. The first-order chi connectivity index (χ1) is 9.74. The molecule has 0 aliphatic heterocycles. The number of hydrogen-bond acceptors (Lipinski definition) is 5. The van der Waals surface area contributed by atoms with Crippen molar-refractivity contribution >= 4 is 0 Å². The smallest absolute Gasteiger partial charge is 0.129 e. The van der Waals surface area contributed by atoms with Crippen LogP contribution in [0.5, 0.6) is 5.75 Å². The third kappa shape index (κ3) is 5.05. The van der Waals surface area contributed by atoms with Gasteiger partial charge in [-0.1, -0.05) is 12.1 Å². The van der Waals surface area contributed by atoms with E-state index in [2.05, 4.69) is 5.32 Å². The normalized spacial score (nSPS) is 12.4. The highest BCUT2D eigenvalue weighted by molar-refractivity contribution is 5.25. The van der Waals surface area contributed by atoms with Gasteiger partial charge in [-0.15, -0.1) is 0 Å². The predicted octanol–water partition coefficient (Wildman–Crippen LogP) is 1.65. The highest BCUT2D eigenvalue weighted by Crippen LogP contribution is 2.09. The SMILES string of the molecule is Oc1ccc(CNCC(O)COCc2ccco2)cc1. The van der Waals surface area contributed by atoms with Crippen LogP contribution < -0.4 is 5.32 Å². The van der Waals surface area contributed by atoms with Crippen LogP contribution >= 0.6 is 0 Å². The Hall–Kier alpha value is -1.82. The molecular weight excluding hydrogens is 258 g/mol. The first-order valence-corrected chi connectivity index (χ1v) is 6.51. The summed E-state index contributed by atoms with van der Waals surface area (Å²) in [5.74, 6) is 0.995. The van der Waals surface area contributed by atoms with Gasteiger partial charge in [-0.3, -0.25) is 0 Å². The Bertz CT molecular complexity index is 481. The summed E-state index contributed by atoms with van der Waals surface area (Å²) in [7, 11) is 0. The van der Waals surface area contributed by atoms with E-state index in [0.29, 0.717) is 19.7 Å². The molecule has 1 unspecified atom stereocenters. The fraction of sp³-hybridized carbons (Fsp3) is 0.333. The second-order valence-corrected chi connectivity index (χ2v) is 4.55. The quantitative estimate of drug-likeness (QED) is 0.684. The van der Waals surface area contributed by atoms with Crippen molar-refractivity contribution in [1.29, 1.82) is 0 Å². The minimum atomic E-state index is -0.568. The molecule has 0 saturated carbocycles. The number of benzene rings is 1. The average molecular weight is 277 g/mol. The van der Waals surface area contributed by atoms with Gasteiger partial charge in [0.2, 0.25) is 0 Å². The molecule has 0 aliphatic rings. The van der Waals surface area contributed by atoms with Crippen LogP contribution in [0.4, 0.5) is 0 Å². The zero-order valence-corrected chi connectivity index (χ0v) is 11.2. The molecule has 1 atom stereocenters. The summed E-state index contributed by atoms with van der Waals surface area (Å²) < 4.78 is 10.5. The van der Waals surface area contributed by atoms with E-state index < -0.39 is 6.10 Å². The van der Waals surface area contributed by atoms with E-state index in [1.807, 2.05) is 18.2 Å². The largest absolute Gasteiger partial charge is 0.508 e. The van der Waals surface area contributed by atoms with Crippen LogP contribution in [0.15, 0.2) is 47.1 Å². The van der Waals surface area contributed by atoms with Gasteiger partial charge in [0.15, 0.2) is 0 Å². The summed E-state index contributed by atoms with van der Waals surface area (Å²) in [6, 6.07) is 10.6. The Morgan fingerprint density at radius 2 is 2.00 bits per heavy atom. The van der Waals surface area contributed by atoms with Crippen molar-refractivity contribution in [3.8, 4) is 5.75 Å². The minimum absolute atomic E-state index is 0.250. The summed E-state index contributed by atoms with van der Waals surface area (Å²) in [6.45, 7) is 1.69. The fourth-order valence-electron chi connectivity index (χ4n) is 1.75. The first kappa shape index (κ1) is 14.6. The monoisotopic (exact) mass is 277 g/mol. The maximum atomic E-state index is 9.74. The lowest BCUT2D eigenvalue weighted by Crippen LogP contribution is -2.30. The summed E-state index contributed by atoms with van der Waals surface area (Å²) in [5.41, 5.74) is 1.05. The molecule has 0 aliphatic carbocycles. The molecule has 3 N–H and O–H groups in total. The lowest BCUT2D eigenvalue weighted by molar-refractivity contribution is 0.0226. The third-order valence-corrected chi connectivity index (χ3v) is 2.78. The van der Waals surface area contributed by atoms with Crippen molar-refractivity contribution in [2.45, 2.75) is 19.3 Å². The van der Waals surface area contributed by atoms with E-state index in [1.165, 1.54) is 0 Å². The Kier molecular flexibility index (Phi) is 5.61. The number of phenols is 1. The molecule has 0 bridgehead atoms. The van der Waals surface area contributed by atoms with E-state index in [0.717, 1.165) is 11.3 Å². The number of rotatable bonds is 8. The standard InChI is InChI=1S/C15H19NO4/c17-13-5-3-12(4-6-13)8-16-9-14(18)10-19-11-15-2-1-7-20-15/h1-7,14,16-18H,8-11H2. The highest BCUT2D eigenvalue weighted by Gasteiger charge is 2.05. The van der Waals surface area contributed by atoms with E-state index in [-0.39, 0.29) is 12.4 Å². The van der Waals surface area contributed by atoms with E-state index in [9.17, 15) is 5.11 Å². The van der Waals surface area contributed by atoms with Gasteiger partial charge in [-0.2, -0.15) is 0 Å². The van der Waals surface area contributed by atoms with Crippen molar-refractivity contribution in [2.24, 2.45) is 0 Å². The first-order valence-electron chi connectivity index (χ1n) is 6.51.